The van der Waals surface area contributed by atoms with E-state index in [1.165, 1.54) is 18.9 Å². The second-order valence-corrected chi connectivity index (χ2v) is 5.04. The van der Waals surface area contributed by atoms with Gasteiger partial charge in [-0.15, -0.1) is 0 Å². The molecule has 1 amide bonds. The van der Waals surface area contributed by atoms with E-state index in [1.54, 1.807) is 43.6 Å². The first-order valence-electron chi connectivity index (χ1n) is 7.09. The van der Waals surface area contributed by atoms with Crippen LogP contribution in [0.2, 0.25) is 0 Å². The van der Waals surface area contributed by atoms with E-state index >= 15 is 0 Å². The van der Waals surface area contributed by atoms with Crippen LogP contribution in [0.5, 0.6) is 11.5 Å². The zero-order chi connectivity index (χ0) is 16.8. The van der Waals surface area contributed by atoms with Crippen molar-refractivity contribution in [2.75, 3.05) is 20.8 Å². The molecule has 23 heavy (non-hydrogen) atoms. The predicted molar refractivity (Wildman–Crippen MR) is 83.7 cm³/mol. The van der Waals surface area contributed by atoms with E-state index in [0.717, 1.165) is 0 Å². The molecule has 1 aromatic heterocycles. The van der Waals surface area contributed by atoms with Crippen molar-refractivity contribution >= 4 is 11.7 Å². The molecular weight excluding hydrogens is 298 g/mol. The first kappa shape index (κ1) is 16.6. The maximum absolute atomic E-state index is 12.1. The molecule has 122 valence electrons. The van der Waals surface area contributed by atoms with Gasteiger partial charge in [-0.2, -0.15) is 0 Å². The topological polar surface area (TPSA) is 69.0 Å². The van der Waals surface area contributed by atoms with Gasteiger partial charge in [0.2, 0.25) is 0 Å². The summed E-state index contributed by atoms with van der Waals surface area (Å²) in [4.78, 5) is 25.0. The van der Waals surface area contributed by atoms with Crippen molar-refractivity contribution in [2.24, 2.45) is 0 Å². The molecule has 0 saturated heterocycles. The van der Waals surface area contributed by atoms with Gasteiger partial charge in [-0.05, 0) is 37.3 Å². The number of nitrogens with zero attached hydrogens (tertiary/aromatic N) is 1. The van der Waals surface area contributed by atoms with Crippen molar-refractivity contribution in [2.45, 2.75) is 13.5 Å². The van der Waals surface area contributed by atoms with Crippen LogP contribution in [0.3, 0.4) is 0 Å². The van der Waals surface area contributed by atoms with Crippen LogP contribution in [0.15, 0.2) is 41.0 Å². The van der Waals surface area contributed by atoms with Crippen LogP contribution < -0.4 is 9.47 Å². The predicted octanol–water partition coefficient (Wildman–Crippen LogP) is 2.53. The molecule has 1 aromatic carbocycles. The Morgan fingerprint density at radius 3 is 2.61 bits per heavy atom. The number of Topliss-reactive ketones (excluding diaryl/α,β-unsaturated/α-hetero) is 1. The highest BCUT2D eigenvalue weighted by atomic mass is 16.5. The molecule has 0 saturated carbocycles. The number of hydrogen-bond donors (Lipinski definition) is 0. The molecule has 2 aromatic rings. The summed E-state index contributed by atoms with van der Waals surface area (Å²) < 4.78 is 15.9. The molecule has 2 rings (SSSR count). The molecule has 6 nitrogen and oxygen atoms in total. The molecular formula is C17H19NO5. The Balaban J connectivity index is 1.97. The van der Waals surface area contributed by atoms with Gasteiger partial charge in [0.25, 0.3) is 5.91 Å². The monoisotopic (exact) mass is 317 g/mol. The van der Waals surface area contributed by atoms with E-state index in [-0.39, 0.29) is 18.3 Å². The number of hydrogen-bond acceptors (Lipinski definition) is 5. The number of furan rings is 1. The van der Waals surface area contributed by atoms with Crippen LogP contribution in [-0.2, 0) is 11.3 Å². The average molecular weight is 317 g/mol. The summed E-state index contributed by atoms with van der Waals surface area (Å²) in [7, 11) is 3.15. The van der Waals surface area contributed by atoms with E-state index in [9.17, 15) is 9.59 Å². The lowest BCUT2D eigenvalue weighted by atomic mass is 10.1. The molecule has 0 atom stereocenters. The quantitative estimate of drug-likeness (QED) is 0.734. The minimum Gasteiger partial charge on any atom is -0.493 e. The summed E-state index contributed by atoms with van der Waals surface area (Å²) in [6.45, 7) is 1.71. The average Bonchev–Trinajstić information content (AvgIpc) is 3.05. The first-order chi connectivity index (χ1) is 11.0. The van der Waals surface area contributed by atoms with Crippen LogP contribution in [0.25, 0.3) is 0 Å². The summed E-state index contributed by atoms with van der Waals surface area (Å²) >= 11 is 0. The number of likely N-dealkylation sites (N-methyl/N-ethyl adjacent to an activating group) is 1. The summed E-state index contributed by atoms with van der Waals surface area (Å²) in [5.41, 5.74) is 0.524. The van der Waals surface area contributed by atoms with Crippen molar-refractivity contribution in [3.8, 4) is 11.5 Å². The third-order valence-corrected chi connectivity index (χ3v) is 3.32. The SMILES string of the molecule is COc1cc(C(C)=O)ccc1OCC(=O)N(C)Cc1ccco1. The molecule has 0 radical (unpaired) electrons. The lowest BCUT2D eigenvalue weighted by Crippen LogP contribution is -2.30. The fraction of sp³-hybridized carbons (Fsp3) is 0.294. The van der Waals surface area contributed by atoms with Crippen molar-refractivity contribution in [1.29, 1.82) is 0 Å². The van der Waals surface area contributed by atoms with Crippen LogP contribution >= 0.6 is 0 Å². The van der Waals surface area contributed by atoms with Gasteiger partial charge >= 0.3 is 0 Å². The van der Waals surface area contributed by atoms with Crippen molar-refractivity contribution in [1.82, 2.24) is 4.90 Å². The van der Waals surface area contributed by atoms with E-state index in [2.05, 4.69) is 0 Å². The summed E-state index contributed by atoms with van der Waals surface area (Å²) in [6, 6.07) is 8.42. The maximum atomic E-state index is 12.1. The summed E-state index contributed by atoms with van der Waals surface area (Å²) in [5.74, 6) is 1.27. The van der Waals surface area contributed by atoms with Crippen LogP contribution in [-0.4, -0.2) is 37.4 Å². The lowest BCUT2D eigenvalue weighted by Gasteiger charge is -2.17. The number of ether oxygens (including phenoxy) is 2. The van der Waals surface area contributed by atoms with Crippen LogP contribution in [0.1, 0.15) is 23.0 Å². The maximum Gasteiger partial charge on any atom is 0.260 e. The van der Waals surface area contributed by atoms with Crippen LogP contribution in [0.4, 0.5) is 0 Å². The number of rotatable bonds is 7. The summed E-state index contributed by atoms with van der Waals surface area (Å²) in [5, 5.41) is 0. The highest BCUT2D eigenvalue weighted by molar-refractivity contribution is 5.94. The minimum atomic E-state index is -0.195. The molecule has 0 unspecified atom stereocenters. The Morgan fingerprint density at radius 2 is 2.00 bits per heavy atom. The zero-order valence-corrected chi connectivity index (χ0v) is 13.4. The Bertz CT molecular complexity index is 678. The van der Waals surface area contributed by atoms with Gasteiger partial charge in [0.05, 0.1) is 19.9 Å². The lowest BCUT2D eigenvalue weighted by molar-refractivity contribution is -0.132. The number of carbonyl (C=O) groups excluding carboxylic acids is 2. The van der Waals surface area contributed by atoms with E-state index in [0.29, 0.717) is 29.4 Å². The Labute approximate surface area is 134 Å². The van der Waals surface area contributed by atoms with Gasteiger partial charge < -0.3 is 18.8 Å². The van der Waals surface area contributed by atoms with Crippen molar-refractivity contribution < 1.29 is 23.5 Å². The van der Waals surface area contributed by atoms with Gasteiger partial charge in [-0.3, -0.25) is 9.59 Å². The molecule has 0 N–H and O–H groups in total. The smallest absolute Gasteiger partial charge is 0.260 e. The number of ketones is 1. The highest BCUT2D eigenvalue weighted by Gasteiger charge is 2.14. The molecule has 1 heterocycles. The fourth-order valence-corrected chi connectivity index (χ4v) is 1.98. The minimum absolute atomic E-state index is 0.0656. The van der Waals surface area contributed by atoms with Gasteiger partial charge in [0.15, 0.2) is 23.9 Å². The fourth-order valence-electron chi connectivity index (χ4n) is 1.98. The van der Waals surface area contributed by atoms with Crippen LogP contribution in [0, 0.1) is 0 Å². The number of benzene rings is 1. The molecule has 0 aliphatic rings. The van der Waals surface area contributed by atoms with Crippen molar-refractivity contribution in [3.05, 3.63) is 47.9 Å². The number of amides is 1. The van der Waals surface area contributed by atoms with E-state index < -0.39 is 0 Å². The Morgan fingerprint density at radius 1 is 1.22 bits per heavy atom. The van der Waals surface area contributed by atoms with Gasteiger partial charge in [-0.1, -0.05) is 0 Å². The molecule has 0 aliphatic heterocycles. The molecule has 0 spiro atoms. The third-order valence-electron chi connectivity index (χ3n) is 3.32. The van der Waals surface area contributed by atoms with E-state index in [1.807, 2.05) is 0 Å². The van der Waals surface area contributed by atoms with Gasteiger partial charge in [-0.25, -0.2) is 0 Å². The van der Waals surface area contributed by atoms with Gasteiger partial charge in [0.1, 0.15) is 5.76 Å². The largest absolute Gasteiger partial charge is 0.493 e. The molecule has 0 fully saturated rings. The van der Waals surface area contributed by atoms with Crippen molar-refractivity contribution in [3.63, 3.8) is 0 Å². The van der Waals surface area contributed by atoms with E-state index in [4.69, 9.17) is 13.9 Å². The Kier molecular flexibility index (Phi) is 5.41. The third kappa shape index (κ3) is 4.35. The molecule has 0 bridgehead atoms. The first-order valence-corrected chi connectivity index (χ1v) is 7.09. The zero-order valence-electron chi connectivity index (χ0n) is 13.4. The standard InChI is InChI=1S/C17H19NO5/c1-12(19)13-6-7-15(16(9-13)21-3)23-11-17(20)18(2)10-14-5-4-8-22-14/h4-9H,10-11H2,1-3H3. The second-order valence-electron chi connectivity index (χ2n) is 5.04. The number of carbonyl (C=O) groups is 2. The number of methoxy groups -OCH3 is 1. The molecule has 0 aliphatic carbocycles. The molecule has 6 heteroatoms. The summed E-state index contributed by atoms with van der Waals surface area (Å²) in [6.07, 6.45) is 1.56. The highest BCUT2D eigenvalue weighted by Crippen LogP contribution is 2.28. The second kappa shape index (κ2) is 7.49. The normalized spacial score (nSPS) is 10.2. The van der Waals surface area contributed by atoms with Gasteiger partial charge in [0, 0.05) is 12.6 Å². The Hall–Kier alpha value is -2.76.